The first-order chi connectivity index (χ1) is 14.8. The fraction of sp³-hybridized carbons (Fsp3) is 0.435. The molecule has 1 amide bonds. The number of nitrogens with one attached hydrogen (secondary N) is 1. The molecule has 1 saturated carbocycles. The van der Waals surface area contributed by atoms with Gasteiger partial charge in [-0.05, 0) is 55.0 Å². The van der Waals surface area contributed by atoms with Crippen LogP contribution >= 0.6 is 7.82 Å². The lowest BCUT2D eigenvalue weighted by Gasteiger charge is -2.36. The van der Waals surface area contributed by atoms with Crippen LogP contribution in [0.4, 0.5) is 5.69 Å². The highest BCUT2D eigenvalue weighted by Crippen LogP contribution is 2.54. The molecular weight excluding hydrogens is 417 g/mol. The molecule has 7 nitrogen and oxygen atoms in total. The molecular formula is C23H28NO6P. The molecule has 8 heteroatoms. The van der Waals surface area contributed by atoms with Crippen LogP contribution in [0.3, 0.4) is 0 Å². The molecule has 4 rings (SSSR count). The van der Waals surface area contributed by atoms with E-state index in [0.717, 1.165) is 66.7 Å². The van der Waals surface area contributed by atoms with Crippen molar-refractivity contribution < 1.29 is 28.4 Å². The van der Waals surface area contributed by atoms with Gasteiger partial charge in [-0.25, -0.2) is 4.57 Å². The lowest BCUT2D eigenvalue weighted by molar-refractivity contribution is -0.121. The average molecular weight is 445 g/mol. The number of hydrogen-bond acceptors (Lipinski definition) is 4. The summed E-state index contributed by atoms with van der Waals surface area (Å²) in [6.45, 7) is 1.94. The summed E-state index contributed by atoms with van der Waals surface area (Å²) in [6, 6.07) is 10.4. The first kappa shape index (κ1) is 21.9. The van der Waals surface area contributed by atoms with E-state index in [-0.39, 0.29) is 17.6 Å². The number of anilines is 1. The van der Waals surface area contributed by atoms with Gasteiger partial charge < -0.3 is 14.6 Å². The second-order valence-corrected chi connectivity index (χ2v) is 9.54. The maximum Gasteiger partial charge on any atom is 0.524 e. The summed E-state index contributed by atoms with van der Waals surface area (Å²) >= 11 is 0. The molecule has 3 N–H and O–H groups in total. The number of fused-ring (bicyclic) bond motifs is 1. The largest absolute Gasteiger partial charge is 0.524 e. The molecule has 1 unspecified atom stereocenters. The number of hydrogen-bond donors (Lipinski definition) is 3. The fourth-order valence-corrected chi connectivity index (χ4v) is 5.69. The van der Waals surface area contributed by atoms with Gasteiger partial charge >= 0.3 is 7.82 Å². The molecule has 2 aliphatic rings. The number of carbonyl (C=O) groups is 1. The standard InChI is InChI=1S/C23H28NO6P/c1-15-20(29-2)14-13-19-21(15)24-22(25)23(19,16-7-5-3-4-6-8-16)17-9-11-18(12-10-17)30-31(26,27)28/h9-14,16H,3-8H2,1-2H3,(H,24,25)(H2,26,27,28). The highest BCUT2D eigenvalue weighted by Gasteiger charge is 2.53. The molecule has 0 spiro atoms. The minimum atomic E-state index is -4.65. The zero-order valence-corrected chi connectivity index (χ0v) is 18.7. The Bertz CT molecular complexity index is 1020. The van der Waals surface area contributed by atoms with Gasteiger partial charge in [0.15, 0.2) is 0 Å². The van der Waals surface area contributed by atoms with Gasteiger partial charge in [-0.1, -0.05) is 43.9 Å². The van der Waals surface area contributed by atoms with Gasteiger partial charge in [0, 0.05) is 5.56 Å². The van der Waals surface area contributed by atoms with E-state index >= 15 is 0 Å². The SMILES string of the molecule is COc1ccc2c(c1C)NC(=O)C2(c1ccc(OP(=O)(O)O)cc1)C1CCCCCC1. The van der Waals surface area contributed by atoms with Gasteiger partial charge in [-0.3, -0.25) is 14.6 Å². The molecule has 2 aromatic rings. The Morgan fingerprint density at radius 2 is 1.68 bits per heavy atom. The molecule has 0 aromatic heterocycles. The number of phosphoric acid groups is 1. The topological polar surface area (TPSA) is 105 Å². The fourth-order valence-electron chi connectivity index (χ4n) is 5.29. The maximum atomic E-state index is 13.7. The van der Waals surface area contributed by atoms with Gasteiger partial charge in [-0.15, -0.1) is 0 Å². The van der Waals surface area contributed by atoms with E-state index in [1.807, 2.05) is 19.1 Å². The van der Waals surface area contributed by atoms with Crippen LogP contribution in [0.5, 0.6) is 11.5 Å². The molecule has 1 fully saturated rings. The predicted octanol–water partition coefficient (Wildman–Crippen LogP) is 4.68. The molecule has 166 valence electrons. The molecule has 2 aromatic carbocycles. The highest BCUT2D eigenvalue weighted by atomic mass is 31.2. The van der Waals surface area contributed by atoms with E-state index in [1.54, 1.807) is 19.2 Å². The first-order valence-corrected chi connectivity index (χ1v) is 12.2. The smallest absolute Gasteiger partial charge is 0.496 e. The molecule has 0 radical (unpaired) electrons. The third-order valence-electron chi connectivity index (χ3n) is 6.66. The number of rotatable bonds is 5. The second-order valence-electron chi connectivity index (χ2n) is 8.37. The predicted molar refractivity (Wildman–Crippen MR) is 117 cm³/mol. The van der Waals surface area contributed by atoms with Crippen LogP contribution in [-0.2, 0) is 14.8 Å². The molecule has 31 heavy (non-hydrogen) atoms. The van der Waals surface area contributed by atoms with Crippen LogP contribution in [0.2, 0.25) is 0 Å². The Morgan fingerprint density at radius 1 is 1.03 bits per heavy atom. The van der Waals surface area contributed by atoms with E-state index in [4.69, 9.17) is 19.0 Å². The Labute approximate surface area is 182 Å². The van der Waals surface area contributed by atoms with Gasteiger partial charge in [0.05, 0.1) is 12.8 Å². The normalized spacial score (nSPS) is 21.9. The van der Waals surface area contributed by atoms with Crippen molar-refractivity contribution in [2.45, 2.75) is 50.9 Å². The minimum Gasteiger partial charge on any atom is -0.496 e. The Balaban J connectivity index is 1.88. The van der Waals surface area contributed by atoms with Crippen LogP contribution < -0.4 is 14.6 Å². The van der Waals surface area contributed by atoms with E-state index in [2.05, 4.69) is 5.32 Å². The molecule has 1 aliphatic heterocycles. The summed E-state index contributed by atoms with van der Waals surface area (Å²) in [4.78, 5) is 31.9. The molecule has 1 heterocycles. The zero-order chi connectivity index (χ0) is 22.2. The Hall–Kier alpha value is -2.34. The molecule has 1 atom stereocenters. The van der Waals surface area contributed by atoms with Crippen LogP contribution in [0.25, 0.3) is 0 Å². The summed E-state index contributed by atoms with van der Waals surface area (Å²) in [7, 11) is -3.04. The maximum absolute atomic E-state index is 13.7. The van der Waals surface area contributed by atoms with Crippen molar-refractivity contribution in [3.63, 3.8) is 0 Å². The van der Waals surface area contributed by atoms with Crippen molar-refractivity contribution in [3.05, 3.63) is 53.1 Å². The van der Waals surface area contributed by atoms with Crippen molar-refractivity contribution in [1.82, 2.24) is 0 Å². The Morgan fingerprint density at radius 3 is 2.26 bits per heavy atom. The van der Waals surface area contributed by atoms with Crippen LogP contribution in [0, 0.1) is 12.8 Å². The number of carbonyl (C=O) groups excluding carboxylic acids is 1. The van der Waals surface area contributed by atoms with Crippen molar-refractivity contribution in [2.24, 2.45) is 5.92 Å². The van der Waals surface area contributed by atoms with E-state index in [0.29, 0.717) is 0 Å². The zero-order valence-electron chi connectivity index (χ0n) is 17.8. The number of methoxy groups -OCH3 is 1. The summed E-state index contributed by atoms with van der Waals surface area (Å²) in [5, 5.41) is 3.13. The van der Waals surface area contributed by atoms with Crippen molar-refractivity contribution in [3.8, 4) is 11.5 Å². The van der Waals surface area contributed by atoms with E-state index < -0.39 is 13.2 Å². The van der Waals surface area contributed by atoms with E-state index in [9.17, 15) is 9.36 Å². The molecule has 0 bridgehead atoms. The second kappa shape index (κ2) is 8.30. The monoisotopic (exact) mass is 445 g/mol. The van der Waals surface area contributed by atoms with Gasteiger partial charge in [0.1, 0.15) is 16.9 Å². The van der Waals surface area contributed by atoms with Gasteiger partial charge in [0.25, 0.3) is 0 Å². The third kappa shape index (κ3) is 3.86. The number of ether oxygens (including phenoxy) is 1. The lowest BCUT2D eigenvalue weighted by atomic mass is 9.64. The van der Waals surface area contributed by atoms with Gasteiger partial charge in [0.2, 0.25) is 5.91 Å². The van der Waals surface area contributed by atoms with Gasteiger partial charge in [-0.2, -0.15) is 0 Å². The number of benzene rings is 2. The van der Waals surface area contributed by atoms with Crippen LogP contribution in [-0.4, -0.2) is 22.8 Å². The van der Waals surface area contributed by atoms with Crippen LogP contribution in [0.1, 0.15) is 55.2 Å². The Kier molecular flexibility index (Phi) is 5.86. The minimum absolute atomic E-state index is 0.0607. The third-order valence-corrected chi connectivity index (χ3v) is 7.11. The molecule has 0 saturated heterocycles. The van der Waals surface area contributed by atoms with Crippen molar-refractivity contribution >= 4 is 19.4 Å². The number of phosphoric ester groups is 1. The molecule has 1 aliphatic carbocycles. The summed E-state index contributed by atoms with van der Waals surface area (Å²) < 4.78 is 21.4. The van der Waals surface area contributed by atoms with Crippen molar-refractivity contribution in [2.75, 3.05) is 12.4 Å². The van der Waals surface area contributed by atoms with E-state index in [1.165, 1.54) is 12.1 Å². The van der Waals surface area contributed by atoms with Crippen molar-refractivity contribution in [1.29, 1.82) is 0 Å². The summed E-state index contributed by atoms with van der Waals surface area (Å²) in [5.74, 6) is 0.853. The highest BCUT2D eigenvalue weighted by molar-refractivity contribution is 7.46. The first-order valence-electron chi connectivity index (χ1n) is 10.6. The van der Waals surface area contributed by atoms with Crippen LogP contribution in [0.15, 0.2) is 36.4 Å². The average Bonchev–Trinajstić information content (AvgIpc) is 2.87. The lowest BCUT2D eigenvalue weighted by Crippen LogP contribution is -2.43. The summed E-state index contributed by atoms with van der Waals surface area (Å²) in [5.41, 5.74) is 2.57. The summed E-state index contributed by atoms with van der Waals surface area (Å²) in [6.07, 6.45) is 6.36. The quantitative estimate of drug-likeness (QED) is 0.456. The number of amides is 1.